The van der Waals surface area contributed by atoms with Crippen LogP contribution in [0.5, 0.6) is 0 Å². The van der Waals surface area contributed by atoms with Crippen LogP contribution < -0.4 is 5.32 Å². The number of nitrogens with one attached hydrogen (secondary N) is 1. The van der Waals surface area contributed by atoms with E-state index in [0.717, 1.165) is 0 Å². The van der Waals surface area contributed by atoms with E-state index in [1.165, 1.54) is 7.11 Å². The molecule has 0 saturated heterocycles. The highest BCUT2D eigenvalue weighted by molar-refractivity contribution is 5.99. The highest BCUT2D eigenvalue weighted by Gasteiger charge is 2.34. The molecule has 122 valence electrons. The molecule has 0 aromatic carbocycles. The van der Waals surface area contributed by atoms with E-state index >= 15 is 0 Å². The molecule has 0 aliphatic rings. The van der Waals surface area contributed by atoms with Gasteiger partial charge in [-0.3, -0.25) is 4.79 Å². The second-order valence-corrected chi connectivity index (χ2v) is 5.44. The molecule has 23 heavy (non-hydrogen) atoms. The first-order valence-corrected chi connectivity index (χ1v) is 7.33. The number of amides is 1. The Balaban J connectivity index is 2.25. The number of esters is 1. The second kappa shape index (κ2) is 6.64. The van der Waals surface area contributed by atoms with Gasteiger partial charge >= 0.3 is 5.97 Å². The lowest BCUT2D eigenvalue weighted by Crippen LogP contribution is -2.52. The third kappa shape index (κ3) is 3.41. The van der Waals surface area contributed by atoms with Crippen molar-refractivity contribution in [3.05, 3.63) is 41.8 Å². The first-order valence-electron chi connectivity index (χ1n) is 7.33. The van der Waals surface area contributed by atoms with Crippen LogP contribution in [0.4, 0.5) is 0 Å². The van der Waals surface area contributed by atoms with Crippen molar-refractivity contribution in [2.75, 3.05) is 7.11 Å². The molecule has 2 aromatic heterocycles. The number of pyridine rings is 1. The third-order valence-electron chi connectivity index (χ3n) is 3.84. The zero-order valence-corrected chi connectivity index (χ0v) is 13.7. The summed E-state index contributed by atoms with van der Waals surface area (Å²) in [5, 5.41) is 2.73. The molecule has 0 saturated carbocycles. The summed E-state index contributed by atoms with van der Waals surface area (Å²) in [6.45, 7) is 5.18. The lowest BCUT2D eigenvalue weighted by atomic mass is 9.98. The van der Waals surface area contributed by atoms with Crippen molar-refractivity contribution in [1.82, 2.24) is 10.3 Å². The summed E-state index contributed by atoms with van der Waals surface area (Å²) in [5.74, 6) is -0.213. The average molecular weight is 316 g/mol. The van der Waals surface area contributed by atoms with E-state index in [9.17, 15) is 9.59 Å². The predicted molar refractivity (Wildman–Crippen MR) is 84.9 cm³/mol. The maximum Gasteiger partial charge on any atom is 0.331 e. The fraction of sp³-hybridized carbons (Fsp3) is 0.353. The molecule has 1 N–H and O–H groups in total. The topological polar surface area (TPSA) is 81.4 Å². The Morgan fingerprint density at radius 1 is 1.35 bits per heavy atom. The smallest absolute Gasteiger partial charge is 0.331 e. The molecule has 1 atom stereocenters. The van der Waals surface area contributed by atoms with Gasteiger partial charge in [0.05, 0.1) is 24.6 Å². The lowest BCUT2D eigenvalue weighted by Gasteiger charge is -2.26. The van der Waals surface area contributed by atoms with Crippen LogP contribution in [0.1, 0.15) is 36.3 Å². The Kier molecular flexibility index (Phi) is 4.83. The van der Waals surface area contributed by atoms with Crippen molar-refractivity contribution in [1.29, 1.82) is 0 Å². The zero-order valence-electron chi connectivity index (χ0n) is 13.7. The molecule has 0 fully saturated rings. The molecule has 1 amide bonds. The van der Waals surface area contributed by atoms with Gasteiger partial charge in [-0.1, -0.05) is 6.92 Å². The van der Waals surface area contributed by atoms with Crippen LogP contribution in [0.2, 0.25) is 0 Å². The maximum absolute atomic E-state index is 12.5. The molecule has 0 radical (unpaired) electrons. The Morgan fingerprint density at radius 3 is 2.61 bits per heavy atom. The van der Waals surface area contributed by atoms with Gasteiger partial charge in [-0.05, 0) is 44.5 Å². The van der Waals surface area contributed by atoms with Crippen LogP contribution in [-0.2, 0) is 9.53 Å². The highest BCUT2D eigenvalue weighted by Crippen LogP contribution is 2.20. The second-order valence-electron chi connectivity index (χ2n) is 5.44. The molecular weight excluding hydrogens is 296 g/mol. The van der Waals surface area contributed by atoms with E-state index in [-0.39, 0.29) is 5.91 Å². The molecule has 2 rings (SSSR count). The minimum absolute atomic E-state index is 0.365. The molecule has 2 aromatic rings. The predicted octanol–water partition coefficient (Wildman–Crippen LogP) is 2.72. The summed E-state index contributed by atoms with van der Waals surface area (Å²) in [6, 6.07) is 6.95. The quantitative estimate of drug-likeness (QED) is 0.858. The molecule has 2 heterocycles. The summed E-state index contributed by atoms with van der Waals surface area (Å²) < 4.78 is 10.1. The first kappa shape index (κ1) is 16.7. The van der Waals surface area contributed by atoms with Gasteiger partial charge in [0, 0.05) is 0 Å². The van der Waals surface area contributed by atoms with E-state index in [1.807, 2.05) is 6.92 Å². The Labute approximate surface area is 134 Å². The fourth-order valence-electron chi connectivity index (χ4n) is 2.19. The molecule has 0 aliphatic heterocycles. The van der Waals surface area contributed by atoms with Gasteiger partial charge < -0.3 is 14.5 Å². The van der Waals surface area contributed by atoms with Crippen LogP contribution in [0.25, 0.3) is 11.5 Å². The Hall–Kier alpha value is -2.63. The van der Waals surface area contributed by atoms with Gasteiger partial charge in [-0.25, -0.2) is 9.78 Å². The number of carbonyl (C=O) groups excluding carboxylic acids is 2. The molecule has 0 spiro atoms. The number of hydrogen-bond acceptors (Lipinski definition) is 5. The minimum atomic E-state index is -1.07. The van der Waals surface area contributed by atoms with Crippen molar-refractivity contribution < 1.29 is 18.7 Å². The van der Waals surface area contributed by atoms with Crippen LogP contribution in [0, 0.1) is 6.92 Å². The Bertz CT molecular complexity index is 709. The summed E-state index contributed by atoms with van der Waals surface area (Å²) in [7, 11) is 1.30. The number of hydrogen-bond donors (Lipinski definition) is 1. The van der Waals surface area contributed by atoms with Crippen molar-refractivity contribution in [2.24, 2.45) is 0 Å². The molecule has 6 nitrogen and oxygen atoms in total. The summed E-state index contributed by atoms with van der Waals surface area (Å²) in [6.07, 6.45) is 1.98. The van der Waals surface area contributed by atoms with Crippen LogP contribution >= 0.6 is 0 Å². The van der Waals surface area contributed by atoms with Crippen molar-refractivity contribution in [2.45, 2.75) is 32.7 Å². The van der Waals surface area contributed by atoms with Gasteiger partial charge in [-0.2, -0.15) is 0 Å². The lowest BCUT2D eigenvalue weighted by molar-refractivity contribution is -0.147. The summed E-state index contributed by atoms with van der Waals surface area (Å²) >= 11 is 0. The summed E-state index contributed by atoms with van der Waals surface area (Å²) in [4.78, 5) is 28.7. The van der Waals surface area contributed by atoms with E-state index < -0.39 is 11.5 Å². The largest absolute Gasteiger partial charge is 0.467 e. The van der Waals surface area contributed by atoms with Crippen LogP contribution in [0.3, 0.4) is 0 Å². The Morgan fingerprint density at radius 2 is 2.09 bits per heavy atom. The zero-order chi connectivity index (χ0) is 17.0. The first-order chi connectivity index (χ1) is 10.9. The average Bonchev–Trinajstić information content (AvgIpc) is 3.08. The van der Waals surface area contributed by atoms with E-state index in [0.29, 0.717) is 29.1 Å². The monoisotopic (exact) mass is 316 g/mol. The maximum atomic E-state index is 12.5. The molecule has 0 unspecified atom stereocenters. The van der Waals surface area contributed by atoms with Crippen molar-refractivity contribution in [3.63, 3.8) is 0 Å². The van der Waals surface area contributed by atoms with E-state index in [2.05, 4.69) is 10.3 Å². The number of aryl methyl sites for hydroxylation is 1. The third-order valence-corrected chi connectivity index (χ3v) is 3.84. The van der Waals surface area contributed by atoms with Crippen LogP contribution in [0.15, 0.2) is 34.9 Å². The number of nitrogens with zero attached hydrogens (tertiary/aromatic N) is 1. The normalized spacial score (nSPS) is 13.2. The van der Waals surface area contributed by atoms with E-state index in [4.69, 9.17) is 9.15 Å². The number of furan rings is 1. The van der Waals surface area contributed by atoms with E-state index in [1.54, 1.807) is 44.4 Å². The molecule has 0 aliphatic carbocycles. The molecule has 6 heteroatoms. The van der Waals surface area contributed by atoms with Gasteiger partial charge in [0.15, 0.2) is 5.76 Å². The molecular formula is C17H20N2O4. The number of ether oxygens (including phenoxy) is 1. The van der Waals surface area contributed by atoms with Gasteiger partial charge in [-0.15, -0.1) is 0 Å². The molecule has 0 bridgehead atoms. The highest BCUT2D eigenvalue weighted by atomic mass is 16.5. The fourth-order valence-corrected chi connectivity index (χ4v) is 2.19. The number of rotatable bonds is 5. The number of methoxy groups -OCH3 is 1. The SMILES string of the molecule is CC[C@@](C)(NC(=O)c1ccc(-c2ccco2)nc1C)C(=O)OC. The van der Waals surface area contributed by atoms with Crippen molar-refractivity contribution >= 4 is 11.9 Å². The summed E-state index contributed by atoms with van der Waals surface area (Å²) in [5.41, 5.74) is 0.539. The van der Waals surface area contributed by atoms with Gasteiger partial charge in [0.25, 0.3) is 5.91 Å². The van der Waals surface area contributed by atoms with Crippen molar-refractivity contribution in [3.8, 4) is 11.5 Å². The van der Waals surface area contributed by atoms with Crippen LogP contribution in [-0.4, -0.2) is 29.5 Å². The number of aromatic nitrogens is 1. The van der Waals surface area contributed by atoms with Gasteiger partial charge in [0.1, 0.15) is 11.2 Å². The minimum Gasteiger partial charge on any atom is -0.467 e. The number of carbonyl (C=O) groups is 2. The standard InChI is InChI=1S/C17H20N2O4/c1-5-17(3,16(21)22-4)19-15(20)12-8-9-13(18-11(12)2)14-7-6-10-23-14/h6-10H,5H2,1-4H3,(H,19,20)/t17-/m1/s1. The van der Waals surface area contributed by atoms with Gasteiger partial charge in [0.2, 0.25) is 0 Å².